The van der Waals surface area contributed by atoms with Crippen LogP contribution in [0.5, 0.6) is 0 Å². The maximum absolute atomic E-state index is 13.8. The van der Waals surface area contributed by atoms with E-state index in [0.29, 0.717) is 6.42 Å². The van der Waals surface area contributed by atoms with Crippen molar-refractivity contribution >= 4 is 15.7 Å². The molecule has 1 fully saturated rings. The molecule has 1 aromatic rings. The van der Waals surface area contributed by atoms with Gasteiger partial charge in [-0.3, -0.25) is 0 Å². The number of benzene rings is 1. The highest BCUT2D eigenvalue weighted by Gasteiger charge is 2.34. The first kappa shape index (κ1) is 15.1. The van der Waals surface area contributed by atoms with E-state index in [0.717, 1.165) is 16.4 Å². The quantitative estimate of drug-likeness (QED) is 0.856. The van der Waals surface area contributed by atoms with Gasteiger partial charge < -0.3 is 10.5 Å². The van der Waals surface area contributed by atoms with Crippen molar-refractivity contribution in [2.45, 2.75) is 24.3 Å². The van der Waals surface area contributed by atoms with Gasteiger partial charge in [-0.25, -0.2) is 17.2 Å². The number of ether oxygens (including phenoxy) is 1. The van der Waals surface area contributed by atoms with Crippen molar-refractivity contribution in [3.8, 4) is 0 Å². The number of anilines is 1. The summed E-state index contributed by atoms with van der Waals surface area (Å²) in [5.74, 6) is -2.36. The summed E-state index contributed by atoms with van der Waals surface area (Å²) in [6.45, 7) is 2.21. The average molecular weight is 306 g/mol. The Hall–Kier alpha value is -1.25. The van der Waals surface area contributed by atoms with Crippen LogP contribution in [0.15, 0.2) is 17.0 Å². The monoisotopic (exact) mass is 306 g/mol. The highest BCUT2D eigenvalue weighted by atomic mass is 32.2. The molecule has 0 bridgehead atoms. The van der Waals surface area contributed by atoms with Crippen molar-refractivity contribution in [1.82, 2.24) is 4.31 Å². The first-order valence-corrected chi connectivity index (χ1v) is 7.66. The van der Waals surface area contributed by atoms with Gasteiger partial charge in [0.15, 0.2) is 4.90 Å². The van der Waals surface area contributed by atoms with Crippen LogP contribution in [-0.2, 0) is 14.8 Å². The molecule has 2 N–H and O–H groups in total. The number of hydrogen-bond donors (Lipinski definition) is 1. The molecule has 2 rings (SSSR count). The second-order valence-corrected chi connectivity index (χ2v) is 6.45. The zero-order valence-corrected chi connectivity index (χ0v) is 11.8. The maximum atomic E-state index is 13.8. The van der Waals surface area contributed by atoms with Gasteiger partial charge in [-0.1, -0.05) is 6.92 Å². The molecule has 0 radical (unpaired) electrons. The molecule has 1 unspecified atom stereocenters. The van der Waals surface area contributed by atoms with Crippen molar-refractivity contribution in [3.05, 3.63) is 23.8 Å². The highest BCUT2D eigenvalue weighted by molar-refractivity contribution is 7.89. The van der Waals surface area contributed by atoms with E-state index in [1.807, 2.05) is 6.92 Å². The molecule has 1 aliphatic rings. The number of nitrogens with zero attached hydrogens (tertiary/aromatic N) is 1. The zero-order valence-electron chi connectivity index (χ0n) is 11.0. The van der Waals surface area contributed by atoms with E-state index in [2.05, 4.69) is 0 Å². The van der Waals surface area contributed by atoms with Gasteiger partial charge in [-0.2, -0.15) is 4.31 Å². The molecule has 1 aromatic carbocycles. The van der Waals surface area contributed by atoms with Crippen molar-refractivity contribution < 1.29 is 21.9 Å². The largest absolute Gasteiger partial charge is 0.399 e. The Labute approximate surface area is 116 Å². The van der Waals surface area contributed by atoms with Crippen LogP contribution in [-0.4, -0.2) is 38.5 Å². The van der Waals surface area contributed by atoms with Gasteiger partial charge in [0.25, 0.3) is 0 Å². The van der Waals surface area contributed by atoms with Gasteiger partial charge in [0.1, 0.15) is 11.6 Å². The fraction of sp³-hybridized carbons (Fsp3) is 0.500. The molecule has 1 atom stereocenters. The summed E-state index contributed by atoms with van der Waals surface area (Å²) in [5, 5.41) is 0. The molecular formula is C12H16F2N2O3S. The summed E-state index contributed by atoms with van der Waals surface area (Å²) in [6.07, 6.45) is 0.358. The summed E-state index contributed by atoms with van der Waals surface area (Å²) in [4.78, 5) is -0.955. The van der Waals surface area contributed by atoms with Crippen LogP contribution < -0.4 is 5.73 Å². The molecule has 5 nitrogen and oxygen atoms in total. The Bertz CT molecular complexity index is 584. The lowest BCUT2D eigenvalue weighted by atomic mass is 10.2. The Morgan fingerprint density at radius 2 is 2.00 bits per heavy atom. The topological polar surface area (TPSA) is 72.6 Å². The zero-order chi connectivity index (χ0) is 14.9. The molecule has 20 heavy (non-hydrogen) atoms. The minimum absolute atomic E-state index is 0.0715. The van der Waals surface area contributed by atoms with E-state index >= 15 is 0 Å². The third-order valence-corrected chi connectivity index (χ3v) is 5.09. The molecule has 0 aliphatic carbocycles. The standard InChI is InChI=1S/C12H16F2N2O3S/c1-2-9-7-16(3-4-19-9)20(17,18)12-10(13)5-8(15)6-11(12)14/h5-6,9H,2-4,7,15H2,1H3. The van der Waals surface area contributed by atoms with Gasteiger partial charge >= 0.3 is 0 Å². The van der Waals surface area contributed by atoms with Gasteiger partial charge in [-0.05, 0) is 18.6 Å². The van der Waals surface area contributed by atoms with E-state index in [1.165, 1.54) is 0 Å². The predicted molar refractivity (Wildman–Crippen MR) is 69.6 cm³/mol. The van der Waals surface area contributed by atoms with Crippen molar-refractivity contribution in [3.63, 3.8) is 0 Å². The lowest BCUT2D eigenvalue weighted by Gasteiger charge is -2.31. The molecule has 0 saturated carbocycles. The lowest BCUT2D eigenvalue weighted by molar-refractivity contribution is -0.00289. The Morgan fingerprint density at radius 1 is 1.40 bits per heavy atom. The van der Waals surface area contributed by atoms with Gasteiger partial charge in [0.05, 0.1) is 12.7 Å². The molecule has 0 spiro atoms. The molecule has 1 aliphatic heterocycles. The van der Waals surface area contributed by atoms with E-state index in [9.17, 15) is 17.2 Å². The number of sulfonamides is 1. The van der Waals surface area contributed by atoms with Crippen LogP contribution in [0.2, 0.25) is 0 Å². The third-order valence-electron chi connectivity index (χ3n) is 3.18. The van der Waals surface area contributed by atoms with Crippen LogP contribution in [0.3, 0.4) is 0 Å². The third kappa shape index (κ3) is 2.77. The number of halogens is 2. The van der Waals surface area contributed by atoms with Crippen LogP contribution in [0.25, 0.3) is 0 Å². The summed E-state index contributed by atoms with van der Waals surface area (Å²) < 4.78 is 58.7. The van der Waals surface area contributed by atoms with Crippen LogP contribution in [0, 0.1) is 11.6 Å². The number of hydrogen-bond acceptors (Lipinski definition) is 4. The lowest BCUT2D eigenvalue weighted by Crippen LogP contribution is -2.45. The summed E-state index contributed by atoms with van der Waals surface area (Å²) in [6, 6.07) is 1.60. The molecule has 0 amide bonds. The van der Waals surface area contributed by atoms with Crippen LogP contribution in [0.1, 0.15) is 13.3 Å². The first-order valence-electron chi connectivity index (χ1n) is 6.22. The highest BCUT2D eigenvalue weighted by Crippen LogP contribution is 2.26. The molecule has 8 heteroatoms. The SMILES string of the molecule is CCC1CN(S(=O)(=O)c2c(F)cc(N)cc2F)CCO1. The predicted octanol–water partition coefficient (Wildman–Crippen LogP) is 1.35. The smallest absolute Gasteiger partial charge is 0.249 e. The van der Waals surface area contributed by atoms with Crippen LogP contribution >= 0.6 is 0 Å². The molecule has 112 valence electrons. The van der Waals surface area contributed by atoms with Gasteiger partial charge in [0, 0.05) is 18.8 Å². The van der Waals surface area contributed by atoms with Crippen molar-refractivity contribution in [2.24, 2.45) is 0 Å². The second kappa shape index (κ2) is 5.63. The maximum Gasteiger partial charge on any atom is 0.249 e. The minimum atomic E-state index is -4.24. The fourth-order valence-corrected chi connectivity index (χ4v) is 3.66. The Morgan fingerprint density at radius 3 is 2.55 bits per heavy atom. The molecular weight excluding hydrogens is 290 g/mol. The second-order valence-electron chi connectivity index (χ2n) is 4.58. The Kier molecular flexibility index (Phi) is 4.26. The van der Waals surface area contributed by atoms with E-state index in [4.69, 9.17) is 10.5 Å². The van der Waals surface area contributed by atoms with Crippen LogP contribution in [0.4, 0.5) is 14.5 Å². The number of morpholine rings is 1. The molecule has 1 saturated heterocycles. The van der Waals surface area contributed by atoms with Crippen molar-refractivity contribution in [1.29, 1.82) is 0 Å². The normalized spacial score (nSPS) is 21.1. The van der Waals surface area contributed by atoms with E-state index in [1.54, 1.807) is 0 Å². The summed E-state index contributed by atoms with van der Waals surface area (Å²) in [5.41, 5.74) is 5.13. The van der Waals surface area contributed by atoms with E-state index < -0.39 is 26.6 Å². The minimum Gasteiger partial charge on any atom is -0.399 e. The first-order chi connectivity index (χ1) is 9.36. The van der Waals surface area contributed by atoms with E-state index in [-0.39, 0.29) is 31.5 Å². The van der Waals surface area contributed by atoms with Gasteiger partial charge in [-0.15, -0.1) is 0 Å². The fourth-order valence-electron chi connectivity index (χ4n) is 2.11. The average Bonchev–Trinajstić information content (AvgIpc) is 2.37. The Balaban J connectivity index is 2.40. The molecule has 1 heterocycles. The summed E-state index contributed by atoms with van der Waals surface area (Å²) in [7, 11) is -4.24. The number of rotatable bonds is 3. The number of nitrogen functional groups attached to an aromatic ring is 1. The molecule has 0 aromatic heterocycles. The number of nitrogens with two attached hydrogens (primary N) is 1. The van der Waals surface area contributed by atoms with Gasteiger partial charge in [0.2, 0.25) is 10.0 Å². The van der Waals surface area contributed by atoms with Crippen molar-refractivity contribution in [2.75, 3.05) is 25.4 Å². The summed E-state index contributed by atoms with van der Waals surface area (Å²) >= 11 is 0.